The molecule has 1 rings (SSSR count). The number of carboxylic acids is 1. The maximum atomic E-state index is 11.6. The molecule has 0 radical (unpaired) electrons. The zero-order chi connectivity index (χ0) is 14.1. The predicted octanol–water partition coefficient (Wildman–Crippen LogP) is 1.02. The number of carboxylic acid groups (broad SMARTS) is 1. The number of nitrogens with zero attached hydrogens (tertiary/aromatic N) is 1. The van der Waals surface area contributed by atoms with Gasteiger partial charge in [-0.2, -0.15) is 0 Å². The second-order valence-electron chi connectivity index (χ2n) is 4.98. The Morgan fingerprint density at radius 1 is 1.26 bits per heavy atom. The summed E-state index contributed by atoms with van der Waals surface area (Å²) in [5.41, 5.74) is 0. The Morgan fingerprint density at radius 2 is 1.95 bits per heavy atom. The number of aliphatic carboxylic acids is 1. The largest absolute Gasteiger partial charge is 0.480 e. The Kier molecular flexibility index (Phi) is 7.25. The van der Waals surface area contributed by atoms with Crippen LogP contribution in [0.25, 0.3) is 0 Å². The van der Waals surface area contributed by atoms with Gasteiger partial charge in [0.2, 0.25) is 0 Å². The molecule has 1 saturated heterocycles. The molecule has 0 aromatic rings. The van der Waals surface area contributed by atoms with Gasteiger partial charge in [0.1, 0.15) is 6.04 Å². The van der Waals surface area contributed by atoms with Crippen molar-refractivity contribution >= 4 is 12.0 Å². The number of carbonyl (C=O) groups excluding carboxylic acids is 1. The molecule has 1 unspecified atom stereocenters. The van der Waals surface area contributed by atoms with Crippen LogP contribution in [0, 0.1) is 0 Å². The average molecular weight is 271 g/mol. The average Bonchev–Trinajstić information content (AvgIpc) is 2.39. The standard InChI is InChI=1S/C13H25N3O3/c1-2-6-11(12(17)18)15-13(19)14-7-10-16-8-4-3-5-9-16/h11H,2-10H2,1H3,(H,17,18)(H2,14,15,19). The highest BCUT2D eigenvalue weighted by atomic mass is 16.4. The number of hydrogen-bond donors (Lipinski definition) is 3. The third-order valence-corrected chi connectivity index (χ3v) is 3.34. The topological polar surface area (TPSA) is 81.7 Å². The molecule has 6 heteroatoms. The summed E-state index contributed by atoms with van der Waals surface area (Å²) < 4.78 is 0. The first-order valence-corrected chi connectivity index (χ1v) is 7.13. The zero-order valence-electron chi connectivity index (χ0n) is 11.7. The SMILES string of the molecule is CCCC(NC(=O)NCCN1CCCCC1)C(=O)O. The van der Waals surface area contributed by atoms with Gasteiger partial charge in [0.15, 0.2) is 0 Å². The lowest BCUT2D eigenvalue weighted by Gasteiger charge is -2.26. The highest BCUT2D eigenvalue weighted by Gasteiger charge is 2.18. The van der Waals surface area contributed by atoms with Crippen LogP contribution in [0.4, 0.5) is 4.79 Å². The molecule has 2 amide bonds. The third kappa shape index (κ3) is 6.42. The van der Waals surface area contributed by atoms with E-state index in [0.29, 0.717) is 13.0 Å². The molecule has 0 bridgehead atoms. The lowest BCUT2D eigenvalue weighted by molar-refractivity contribution is -0.139. The van der Waals surface area contributed by atoms with Gasteiger partial charge in [0.25, 0.3) is 0 Å². The Balaban J connectivity index is 2.17. The van der Waals surface area contributed by atoms with Crippen LogP contribution < -0.4 is 10.6 Å². The molecule has 0 aromatic carbocycles. The Bertz CT molecular complexity index is 291. The third-order valence-electron chi connectivity index (χ3n) is 3.34. The van der Waals surface area contributed by atoms with Gasteiger partial charge in [-0.25, -0.2) is 9.59 Å². The van der Waals surface area contributed by atoms with Gasteiger partial charge >= 0.3 is 12.0 Å². The van der Waals surface area contributed by atoms with Gasteiger partial charge in [-0.05, 0) is 32.4 Å². The summed E-state index contributed by atoms with van der Waals surface area (Å²) >= 11 is 0. The predicted molar refractivity (Wildman–Crippen MR) is 73.2 cm³/mol. The number of urea groups is 1. The molecule has 1 aliphatic heterocycles. The number of amides is 2. The van der Waals surface area contributed by atoms with Gasteiger partial charge in [-0.3, -0.25) is 0 Å². The quantitative estimate of drug-likeness (QED) is 0.646. The maximum absolute atomic E-state index is 11.6. The molecule has 0 saturated carbocycles. The summed E-state index contributed by atoms with van der Waals surface area (Å²) in [7, 11) is 0. The zero-order valence-corrected chi connectivity index (χ0v) is 11.7. The van der Waals surface area contributed by atoms with E-state index in [1.54, 1.807) is 0 Å². The molecule has 19 heavy (non-hydrogen) atoms. The number of piperidine rings is 1. The maximum Gasteiger partial charge on any atom is 0.326 e. The van der Waals surface area contributed by atoms with Crippen molar-refractivity contribution in [3.63, 3.8) is 0 Å². The first-order chi connectivity index (χ1) is 9.13. The second-order valence-corrected chi connectivity index (χ2v) is 4.98. The van der Waals surface area contributed by atoms with E-state index in [2.05, 4.69) is 15.5 Å². The van der Waals surface area contributed by atoms with Crippen LogP contribution in [0.3, 0.4) is 0 Å². The molecule has 1 fully saturated rings. The number of rotatable bonds is 7. The minimum absolute atomic E-state index is 0.391. The first kappa shape index (κ1) is 15.8. The summed E-state index contributed by atoms with van der Waals surface area (Å²) in [4.78, 5) is 24.8. The van der Waals surface area contributed by atoms with E-state index < -0.39 is 18.0 Å². The highest BCUT2D eigenvalue weighted by molar-refractivity contribution is 5.82. The van der Waals surface area contributed by atoms with Crippen molar-refractivity contribution < 1.29 is 14.7 Å². The summed E-state index contributed by atoms with van der Waals surface area (Å²) in [5, 5.41) is 14.1. The Hall–Kier alpha value is -1.30. The van der Waals surface area contributed by atoms with Crippen LogP contribution in [-0.4, -0.2) is 54.2 Å². The fourth-order valence-electron chi connectivity index (χ4n) is 2.27. The van der Waals surface area contributed by atoms with Crippen molar-refractivity contribution in [2.24, 2.45) is 0 Å². The lowest BCUT2D eigenvalue weighted by Crippen LogP contribution is -2.47. The molecule has 3 N–H and O–H groups in total. The van der Waals surface area contributed by atoms with Crippen molar-refractivity contribution in [3.8, 4) is 0 Å². The van der Waals surface area contributed by atoms with E-state index in [0.717, 1.165) is 26.1 Å². The van der Waals surface area contributed by atoms with Crippen LogP contribution in [0.15, 0.2) is 0 Å². The Labute approximate surface area is 114 Å². The summed E-state index contributed by atoms with van der Waals surface area (Å²) in [6.07, 6.45) is 4.93. The normalized spacial score (nSPS) is 17.7. The van der Waals surface area contributed by atoms with Crippen LogP contribution in [0.1, 0.15) is 39.0 Å². The monoisotopic (exact) mass is 271 g/mol. The molecule has 1 heterocycles. The van der Waals surface area contributed by atoms with E-state index >= 15 is 0 Å². The Morgan fingerprint density at radius 3 is 2.53 bits per heavy atom. The summed E-state index contributed by atoms with van der Waals surface area (Å²) in [6, 6.07) is -1.18. The number of carbonyl (C=O) groups is 2. The van der Waals surface area contributed by atoms with Crippen molar-refractivity contribution in [1.82, 2.24) is 15.5 Å². The summed E-state index contributed by atoms with van der Waals surface area (Å²) in [5.74, 6) is -0.979. The van der Waals surface area contributed by atoms with E-state index in [9.17, 15) is 9.59 Å². The number of likely N-dealkylation sites (tertiary alicyclic amines) is 1. The minimum Gasteiger partial charge on any atom is -0.480 e. The molecular formula is C13H25N3O3. The van der Waals surface area contributed by atoms with Gasteiger partial charge in [-0.1, -0.05) is 19.8 Å². The molecule has 1 atom stereocenters. The molecule has 1 aliphatic rings. The van der Waals surface area contributed by atoms with E-state index in [-0.39, 0.29) is 0 Å². The van der Waals surface area contributed by atoms with Gasteiger partial charge in [0.05, 0.1) is 0 Å². The van der Waals surface area contributed by atoms with Crippen LogP contribution in [0.5, 0.6) is 0 Å². The van der Waals surface area contributed by atoms with Crippen LogP contribution in [-0.2, 0) is 4.79 Å². The van der Waals surface area contributed by atoms with Gasteiger partial charge in [0, 0.05) is 13.1 Å². The van der Waals surface area contributed by atoms with Crippen molar-refractivity contribution in [2.45, 2.75) is 45.1 Å². The highest BCUT2D eigenvalue weighted by Crippen LogP contribution is 2.07. The molecule has 0 aromatic heterocycles. The van der Waals surface area contributed by atoms with Crippen molar-refractivity contribution in [2.75, 3.05) is 26.2 Å². The van der Waals surface area contributed by atoms with Crippen molar-refractivity contribution in [3.05, 3.63) is 0 Å². The summed E-state index contributed by atoms with van der Waals surface area (Å²) in [6.45, 7) is 5.48. The van der Waals surface area contributed by atoms with Gasteiger partial charge in [-0.15, -0.1) is 0 Å². The van der Waals surface area contributed by atoms with Crippen LogP contribution in [0.2, 0.25) is 0 Å². The molecule has 0 aliphatic carbocycles. The van der Waals surface area contributed by atoms with Crippen LogP contribution >= 0.6 is 0 Å². The fraction of sp³-hybridized carbons (Fsp3) is 0.846. The number of nitrogens with one attached hydrogen (secondary N) is 2. The molecule has 0 spiro atoms. The molecule has 6 nitrogen and oxygen atoms in total. The van der Waals surface area contributed by atoms with E-state index in [1.165, 1.54) is 19.3 Å². The smallest absolute Gasteiger partial charge is 0.326 e. The fourth-order valence-corrected chi connectivity index (χ4v) is 2.27. The van der Waals surface area contributed by atoms with Crippen molar-refractivity contribution in [1.29, 1.82) is 0 Å². The van der Waals surface area contributed by atoms with Gasteiger partial charge < -0.3 is 20.6 Å². The number of hydrogen-bond acceptors (Lipinski definition) is 3. The second kappa shape index (κ2) is 8.74. The molecular weight excluding hydrogens is 246 g/mol. The van der Waals surface area contributed by atoms with E-state index in [4.69, 9.17) is 5.11 Å². The molecule has 110 valence electrons. The minimum atomic E-state index is -0.979. The van der Waals surface area contributed by atoms with E-state index in [1.807, 2.05) is 6.92 Å². The first-order valence-electron chi connectivity index (χ1n) is 7.13. The lowest BCUT2D eigenvalue weighted by atomic mass is 10.1.